The topological polar surface area (TPSA) is 23.6 Å². The van der Waals surface area contributed by atoms with Gasteiger partial charge < -0.3 is 4.90 Å². The molecule has 0 rings (SSSR count). The monoisotopic (exact) mass is 290 g/mol. The second kappa shape index (κ2) is 6.15. The summed E-state index contributed by atoms with van der Waals surface area (Å²) in [4.78, 5) is 2.34. The Morgan fingerprint density at radius 1 is 1.11 bits per heavy atom. The Morgan fingerprint density at radius 3 is 1.79 bits per heavy atom. The Hall–Kier alpha value is -0.0600. The Balaban J connectivity index is 4.77. The van der Waals surface area contributed by atoms with Gasteiger partial charge in [0.2, 0.25) is 0 Å². The van der Waals surface area contributed by atoms with Gasteiger partial charge in [-0.25, -0.2) is 4.31 Å². The van der Waals surface area contributed by atoms with Gasteiger partial charge in [-0.2, -0.15) is 0 Å². The molecule has 0 aliphatic rings. The standard InChI is InChI=1S/C15H34N2OS/c1-13(14(2,3)4)16(8)11-12-17(15(5,6)7)19(9,10)18/h13H,9,11-12H2,1-8,10H3/t13-,19?/m1/s1. The van der Waals surface area contributed by atoms with E-state index in [1.165, 1.54) is 0 Å². The van der Waals surface area contributed by atoms with E-state index in [0.717, 1.165) is 13.1 Å². The summed E-state index contributed by atoms with van der Waals surface area (Å²) in [6, 6.07) is 0.479. The molecule has 4 heteroatoms. The normalized spacial score (nSPS) is 18.7. The van der Waals surface area contributed by atoms with Crippen molar-refractivity contribution in [2.45, 2.75) is 60.0 Å². The molecule has 3 nitrogen and oxygen atoms in total. The van der Waals surface area contributed by atoms with Crippen LogP contribution in [0.1, 0.15) is 48.5 Å². The van der Waals surface area contributed by atoms with Crippen molar-refractivity contribution in [3.63, 3.8) is 0 Å². The highest BCUT2D eigenvalue weighted by atomic mass is 32.2. The minimum atomic E-state index is -2.17. The van der Waals surface area contributed by atoms with Crippen LogP contribution in [0.2, 0.25) is 0 Å². The Labute approximate surface area is 121 Å². The Kier molecular flexibility index (Phi) is 6.13. The van der Waals surface area contributed by atoms with E-state index in [1.54, 1.807) is 6.26 Å². The van der Waals surface area contributed by atoms with Gasteiger partial charge in [0.05, 0.1) is 0 Å². The van der Waals surface area contributed by atoms with Crippen LogP contribution < -0.4 is 0 Å². The fourth-order valence-corrected chi connectivity index (χ4v) is 3.84. The molecule has 0 N–H and O–H groups in total. The molecule has 0 aromatic rings. The molecular formula is C15H34N2OS. The highest BCUT2D eigenvalue weighted by Gasteiger charge is 2.28. The van der Waals surface area contributed by atoms with Gasteiger partial charge in [0, 0.05) is 40.6 Å². The van der Waals surface area contributed by atoms with Gasteiger partial charge in [-0.1, -0.05) is 20.8 Å². The maximum Gasteiger partial charge on any atom is 0.0250 e. The molecule has 0 saturated carbocycles. The highest BCUT2D eigenvalue weighted by Crippen LogP contribution is 2.23. The summed E-state index contributed by atoms with van der Waals surface area (Å²) in [5.74, 6) is 3.84. The van der Waals surface area contributed by atoms with Crippen molar-refractivity contribution in [2.75, 3.05) is 26.4 Å². The summed E-state index contributed by atoms with van der Waals surface area (Å²) in [6.45, 7) is 16.9. The molecule has 0 spiro atoms. The fourth-order valence-electron chi connectivity index (χ4n) is 2.21. The number of hydrogen-bond acceptors (Lipinski definition) is 2. The maximum absolute atomic E-state index is 12.3. The molecule has 19 heavy (non-hydrogen) atoms. The maximum atomic E-state index is 12.3. The van der Waals surface area contributed by atoms with Gasteiger partial charge in [0.1, 0.15) is 0 Å². The lowest BCUT2D eigenvalue weighted by atomic mass is 9.87. The van der Waals surface area contributed by atoms with E-state index in [0.29, 0.717) is 6.04 Å². The molecule has 0 saturated heterocycles. The van der Waals surface area contributed by atoms with Crippen LogP contribution in [0.25, 0.3) is 0 Å². The molecule has 0 bridgehead atoms. The van der Waals surface area contributed by atoms with E-state index in [4.69, 9.17) is 0 Å². The SMILES string of the molecule is C=S(C)(=O)N(CCN(C)[C@H](C)C(C)(C)C)C(C)(C)C. The van der Waals surface area contributed by atoms with E-state index < -0.39 is 9.71 Å². The number of nitrogens with zero attached hydrogens (tertiary/aromatic N) is 2. The average Bonchev–Trinajstić information content (AvgIpc) is 2.10. The summed E-state index contributed by atoms with van der Waals surface area (Å²) in [6.07, 6.45) is 1.73. The zero-order valence-corrected chi connectivity index (χ0v) is 15.2. The lowest BCUT2D eigenvalue weighted by Crippen LogP contribution is -2.50. The molecule has 1 unspecified atom stereocenters. The van der Waals surface area contributed by atoms with Gasteiger partial charge in [-0.15, -0.1) is 0 Å². The first-order valence-electron chi connectivity index (χ1n) is 6.97. The van der Waals surface area contributed by atoms with E-state index in [1.807, 2.05) is 4.31 Å². The molecule has 0 amide bonds. The number of likely N-dealkylation sites (N-methyl/N-ethyl adjacent to an activating group) is 1. The molecule has 0 radical (unpaired) electrons. The lowest BCUT2D eigenvalue weighted by Gasteiger charge is -2.40. The molecule has 2 atom stereocenters. The van der Waals surface area contributed by atoms with Gasteiger partial charge in [0.15, 0.2) is 0 Å². The van der Waals surface area contributed by atoms with Crippen molar-refractivity contribution in [2.24, 2.45) is 5.41 Å². The van der Waals surface area contributed by atoms with E-state index in [-0.39, 0.29) is 11.0 Å². The predicted molar refractivity (Wildman–Crippen MR) is 89.2 cm³/mol. The minimum absolute atomic E-state index is 0.126. The molecule has 0 fully saturated rings. The fraction of sp³-hybridized carbons (Fsp3) is 0.933. The Bertz CT molecular complexity index is 374. The van der Waals surface area contributed by atoms with Crippen LogP contribution >= 0.6 is 0 Å². The average molecular weight is 291 g/mol. The molecule has 0 aromatic carbocycles. The second-order valence-electron chi connectivity index (χ2n) is 7.75. The third-order valence-corrected chi connectivity index (χ3v) is 5.45. The highest BCUT2D eigenvalue weighted by molar-refractivity contribution is 7.97. The Morgan fingerprint density at radius 2 is 1.53 bits per heavy atom. The van der Waals surface area contributed by atoms with Gasteiger partial charge >= 0.3 is 0 Å². The molecule has 116 valence electrons. The summed E-state index contributed by atoms with van der Waals surface area (Å²) >= 11 is 0. The van der Waals surface area contributed by atoms with E-state index in [9.17, 15) is 4.21 Å². The third kappa shape index (κ3) is 6.28. The molecule has 0 aliphatic carbocycles. The number of rotatable bonds is 5. The van der Waals surface area contributed by atoms with Crippen LogP contribution in [0.4, 0.5) is 0 Å². The summed E-state index contributed by atoms with van der Waals surface area (Å²) in [7, 11) is -0.0366. The van der Waals surface area contributed by atoms with Crippen molar-refractivity contribution in [1.82, 2.24) is 9.21 Å². The first-order chi connectivity index (χ1) is 8.17. The quantitative estimate of drug-likeness (QED) is 0.727. The molecule has 0 aromatic heterocycles. The van der Waals surface area contributed by atoms with Crippen molar-refractivity contribution < 1.29 is 4.21 Å². The van der Waals surface area contributed by atoms with Crippen LogP contribution in [0.15, 0.2) is 0 Å². The molecular weight excluding hydrogens is 256 g/mol. The molecule has 0 aliphatic heterocycles. The zero-order valence-electron chi connectivity index (χ0n) is 14.4. The van der Waals surface area contributed by atoms with Crippen molar-refractivity contribution in [1.29, 1.82) is 0 Å². The van der Waals surface area contributed by atoms with Crippen LogP contribution in [0, 0.1) is 5.41 Å². The lowest BCUT2D eigenvalue weighted by molar-refractivity contribution is 0.125. The van der Waals surface area contributed by atoms with E-state index >= 15 is 0 Å². The summed E-state index contributed by atoms with van der Waals surface area (Å²) < 4.78 is 14.3. The second-order valence-corrected chi connectivity index (χ2v) is 10.1. The zero-order chi connectivity index (χ0) is 15.6. The van der Waals surface area contributed by atoms with Crippen molar-refractivity contribution in [3.05, 3.63) is 0 Å². The summed E-state index contributed by atoms with van der Waals surface area (Å²) in [5, 5.41) is 0. The van der Waals surface area contributed by atoms with Crippen molar-refractivity contribution >= 4 is 15.6 Å². The van der Waals surface area contributed by atoms with Crippen LogP contribution in [0.5, 0.6) is 0 Å². The van der Waals surface area contributed by atoms with E-state index in [2.05, 4.69) is 66.3 Å². The summed E-state index contributed by atoms with van der Waals surface area (Å²) in [5.41, 5.74) is 0.124. The van der Waals surface area contributed by atoms with Gasteiger partial charge in [0.25, 0.3) is 0 Å². The third-order valence-electron chi connectivity index (χ3n) is 3.78. The smallest absolute Gasteiger partial charge is 0.0250 e. The first-order valence-corrected chi connectivity index (χ1v) is 9.07. The predicted octanol–water partition coefficient (Wildman–Crippen LogP) is 2.71. The molecule has 0 heterocycles. The largest absolute Gasteiger partial charge is 0.302 e. The van der Waals surface area contributed by atoms with Crippen LogP contribution in [-0.4, -0.2) is 57.3 Å². The minimum Gasteiger partial charge on any atom is -0.302 e. The first kappa shape index (κ1) is 18.9. The van der Waals surface area contributed by atoms with Crippen LogP contribution in [0.3, 0.4) is 0 Å². The van der Waals surface area contributed by atoms with Gasteiger partial charge in [-0.3, -0.25) is 4.21 Å². The number of hydrogen-bond donors (Lipinski definition) is 0. The van der Waals surface area contributed by atoms with Gasteiger partial charge in [-0.05, 0) is 46.0 Å². The van der Waals surface area contributed by atoms with Crippen LogP contribution in [-0.2, 0) is 9.71 Å². The van der Waals surface area contributed by atoms with Crippen molar-refractivity contribution in [3.8, 4) is 0 Å².